The lowest BCUT2D eigenvalue weighted by Gasteiger charge is -2.30. The Labute approximate surface area is 178 Å². The zero-order chi connectivity index (χ0) is 21.5. The third kappa shape index (κ3) is 5.91. The van der Waals surface area contributed by atoms with Crippen molar-refractivity contribution in [1.29, 1.82) is 0 Å². The lowest BCUT2D eigenvalue weighted by Crippen LogP contribution is -2.49. The van der Waals surface area contributed by atoms with Crippen LogP contribution in [0.3, 0.4) is 0 Å². The first kappa shape index (κ1) is 22.0. The molecule has 160 valence electrons. The van der Waals surface area contributed by atoms with Crippen molar-refractivity contribution in [3.05, 3.63) is 71.0 Å². The summed E-state index contributed by atoms with van der Waals surface area (Å²) in [4.78, 5) is 27.4. The van der Waals surface area contributed by atoms with Gasteiger partial charge in [-0.15, -0.1) is 0 Å². The molecule has 0 unspecified atom stereocenters. The molecule has 2 aromatic rings. The molecule has 1 saturated carbocycles. The third-order valence-electron chi connectivity index (χ3n) is 5.92. The molecule has 30 heavy (non-hydrogen) atoms. The molecule has 1 fully saturated rings. The maximum absolute atomic E-state index is 14.3. The fraction of sp³-hybridized carbons (Fsp3) is 0.440. The molecule has 2 amide bonds. The number of carbonyl (C=O) groups excluding carboxylic acids is 2. The lowest BCUT2D eigenvalue weighted by atomic mass is 10.1. The Morgan fingerprint density at radius 3 is 2.43 bits per heavy atom. The van der Waals surface area contributed by atoms with E-state index in [9.17, 15) is 14.0 Å². The van der Waals surface area contributed by atoms with Gasteiger partial charge in [-0.2, -0.15) is 0 Å². The van der Waals surface area contributed by atoms with Gasteiger partial charge in [0.1, 0.15) is 11.9 Å². The van der Waals surface area contributed by atoms with Crippen LogP contribution in [0.15, 0.2) is 48.5 Å². The minimum Gasteiger partial charge on any atom is -0.352 e. The molecule has 0 heterocycles. The van der Waals surface area contributed by atoms with Crippen molar-refractivity contribution in [1.82, 2.24) is 10.2 Å². The lowest BCUT2D eigenvalue weighted by molar-refractivity contribution is -0.140. The first-order chi connectivity index (χ1) is 14.4. The van der Waals surface area contributed by atoms with E-state index in [1.165, 1.54) is 16.5 Å². The largest absolute Gasteiger partial charge is 0.352 e. The molecule has 1 atom stereocenters. The molecule has 0 aromatic heterocycles. The number of nitrogens with one attached hydrogen (secondary N) is 1. The zero-order valence-electron chi connectivity index (χ0n) is 17.9. The van der Waals surface area contributed by atoms with E-state index in [4.69, 9.17) is 0 Å². The topological polar surface area (TPSA) is 49.4 Å². The van der Waals surface area contributed by atoms with E-state index in [0.29, 0.717) is 12.0 Å². The zero-order valence-corrected chi connectivity index (χ0v) is 17.9. The van der Waals surface area contributed by atoms with Crippen LogP contribution in [0, 0.1) is 12.7 Å². The minimum absolute atomic E-state index is 0.0820. The van der Waals surface area contributed by atoms with Crippen molar-refractivity contribution >= 4 is 11.8 Å². The molecule has 2 aromatic carbocycles. The average molecular weight is 411 g/mol. The quantitative estimate of drug-likeness (QED) is 0.694. The SMILES string of the molecule is Cc1ccc(CCC(=O)N(Cc2ccccc2F)[C@H](C)C(=O)NC2CCCC2)cc1. The number of nitrogens with zero attached hydrogens (tertiary/aromatic N) is 1. The van der Waals surface area contributed by atoms with Crippen molar-refractivity contribution in [2.45, 2.75) is 71.0 Å². The maximum Gasteiger partial charge on any atom is 0.242 e. The number of aryl methyl sites for hydroxylation is 2. The molecular weight excluding hydrogens is 379 g/mol. The van der Waals surface area contributed by atoms with E-state index in [-0.39, 0.29) is 36.6 Å². The number of benzene rings is 2. The van der Waals surface area contributed by atoms with Crippen molar-refractivity contribution in [3.8, 4) is 0 Å². The van der Waals surface area contributed by atoms with Gasteiger partial charge in [0.05, 0.1) is 0 Å². The van der Waals surface area contributed by atoms with Gasteiger partial charge in [-0.3, -0.25) is 9.59 Å². The molecule has 1 aliphatic carbocycles. The van der Waals surface area contributed by atoms with E-state index >= 15 is 0 Å². The summed E-state index contributed by atoms with van der Waals surface area (Å²) in [6.45, 7) is 3.84. The average Bonchev–Trinajstić information content (AvgIpc) is 3.25. The van der Waals surface area contributed by atoms with Crippen LogP contribution in [0.25, 0.3) is 0 Å². The summed E-state index contributed by atoms with van der Waals surface area (Å²) in [6, 6.07) is 14.0. The number of hydrogen-bond acceptors (Lipinski definition) is 2. The Hall–Kier alpha value is -2.69. The molecule has 4 nitrogen and oxygen atoms in total. The fourth-order valence-electron chi connectivity index (χ4n) is 3.93. The first-order valence-electron chi connectivity index (χ1n) is 10.8. The van der Waals surface area contributed by atoms with Crippen LogP contribution < -0.4 is 5.32 Å². The van der Waals surface area contributed by atoms with Crippen molar-refractivity contribution in [2.75, 3.05) is 0 Å². The molecule has 0 saturated heterocycles. The highest BCUT2D eigenvalue weighted by Gasteiger charge is 2.28. The molecule has 0 radical (unpaired) electrons. The van der Waals surface area contributed by atoms with Gasteiger partial charge >= 0.3 is 0 Å². The van der Waals surface area contributed by atoms with Gasteiger partial charge in [-0.25, -0.2) is 4.39 Å². The van der Waals surface area contributed by atoms with Crippen molar-refractivity contribution in [2.24, 2.45) is 0 Å². The van der Waals surface area contributed by atoms with Gasteiger partial charge in [0.15, 0.2) is 0 Å². The predicted octanol–water partition coefficient (Wildman–Crippen LogP) is 4.54. The third-order valence-corrected chi connectivity index (χ3v) is 5.92. The van der Waals surface area contributed by atoms with Crippen LogP contribution in [0.2, 0.25) is 0 Å². The summed E-state index contributed by atoms with van der Waals surface area (Å²) in [5, 5.41) is 3.07. The molecule has 5 heteroatoms. The summed E-state index contributed by atoms with van der Waals surface area (Å²) >= 11 is 0. The Kier molecular flexibility index (Phi) is 7.61. The molecule has 0 aliphatic heterocycles. The standard InChI is InChI=1S/C25H31FN2O2/c1-18-11-13-20(14-12-18)15-16-24(29)28(17-21-7-3-6-10-23(21)26)19(2)25(30)27-22-8-4-5-9-22/h3,6-7,10-14,19,22H,4-5,8-9,15-17H2,1-2H3,(H,27,30)/t19-/m1/s1. The van der Waals surface area contributed by atoms with E-state index < -0.39 is 6.04 Å². The molecular formula is C25H31FN2O2. The van der Waals surface area contributed by atoms with Gasteiger partial charge in [0.25, 0.3) is 0 Å². The number of hydrogen-bond donors (Lipinski definition) is 1. The molecule has 1 aliphatic rings. The van der Waals surface area contributed by atoms with Gasteiger partial charge in [0, 0.05) is 24.6 Å². The summed E-state index contributed by atoms with van der Waals surface area (Å²) in [5.74, 6) is -0.674. The van der Waals surface area contributed by atoms with Crippen LogP contribution in [-0.2, 0) is 22.6 Å². The van der Waals surface area contributed by atoms with E-state index in [1.807, 2.05) is 31.2 Å². The van der Waals surface area contributed by atoms with Crippen molar-refractivity contribution in [3.63, 3.8) is 0 Å². The molecule has 1 N–H and O–H groups in total. The number of rotatable bonds is 8. The first-order valence-corrected chi connectivity index (χ1v) is 10.8. The Balaban J connectivity index is 1.71. The normalized spacial score (nSPS) is 15.0. The van der Waals surface area contributed by atoms with E-state index in [1.54, 1.807) is 25.1 Å². The highest BCUT2D eigenvalue weighted by molar-refractivity contribution is 5.87. The highest BCUT2D eigenvalue weighted by Crippen LogP contribution is 2.19. The second-order valence-electron chi connectivity index (χ2n) is 8.26. The van der Waals surface area contributed by atoms with Gasteiger partial charge in [-0.1, -0.05) is 60.9 Å². The number of halogens is 1. The summed E-state index contributed by atoms with van der Waals surface area (Å²) < 4.78 is 14.3. The van der Waals surface area contributed by atoms with Gasteiger partial charge in [-0.05, 0) is 44.7 Å². The monoisotopic (exact) mass is 410 g/mol. The van der Waals surface area contributed by atoms with Crippen molar-refractivity contribution < 1.29 is 14.0 Å². The highest BCUT2D eigenvalue weighted by atomic mass is 19.1. The smallest absolute Gasteiger partial charge is 0.242 e. The van der Waals surface area contributed by atoms with Crippen LogP contribution in [0.5, 0.6) is 0 Å². The maximum atomic E-state index is 14.3. The number of carbonyl (C=O) groups is 2. The molecule has 3 rings (SSSR count). The second kappa shape index (κ2) is 10.4. The Bertz CT molecular complexity index is 860. The Morgan fingerprint density at radius 2 is 1.77 bits per heavy atom. The van der Waals surface area contributed by atoms with Crippen LogP contribution >= 0.6 is 0 Å². The van der Waals surface area contributed by atoms with Crippen LogP contribution in [0.1, 0.15) is 55.7 Å². The predicted molar refractivity (Wildman–Crippen MR) is 116 cm³/mol. The fourth-order valence-corrected chi connectivity index (χ4v) is 3.93. The van der Waals surface area contributed by atoms with E-state index in [0.717, 1.165) is 31.2 Å². The molecule has 0 bridgehead atoms. The Morgan fingerprint density at radius 1 is 1.10 bits per heavy atom. The van der Waals surface area contributed by atoms with Gasteiger partial charge < -0.3 is 10.2 Å². The van der Waals surface area contributed by atoms with Gasteiger partial charge in [0.2, 0.25) is 11.8 Å². The van der Waals surface area contributed by atoms with Crippen LogP contribution in [-0.4, -0.2) is 28.8 Å². The summed E-state index contributed by atoms with van der Waals surface area (Å²) in [7, 11) is 0. The number of amides is 2. The second-order valence-corrected chi connectivity index (χ2v) is 8.26. The van der Waals surface area contributed by atoms with Crippen LogP contribution in [0.4, 0.5) is 4.39 Å². The summed E-state index contributed by atoms with van der Waals surface area (Å²) in [5.41, 5.74) is 2.66. The summed E-state index contributed by atoms with van der Waals surface area (Å²) in [6.07, 6.45) is 5.06. The molecule has 0 spiro atoms. The van der Waals surface area contributed by atoms with E-state index in [2.05, 4.69) is 5.32 Å². The minimum atomic E-state index is -0.657.